The Bertz CT molecular complexity index is 2810. The van der Waals surface area contributed by atoms with E-state index >= 15 is 0 Å². The number of non-ortho nitro benzene ring substituents is 1. The Kier molecular flexibility index (Phi) is 17.9. The molecule has 4 aromatic carbocycles. The maximum absolute atomic E-state index is 13.6. The van der Waals surface area contributed by atoms with E-state index in [9.17, 15) is 38.9 Å². The minimum Gasteiger partial charge on any atom is -0.465 e. The number of carbonyl (C=O) groups excluding carboxylic acids is 6. The van der Waals surface area contributed by atoms with Crippen LogP contribution in [0.25, 0.3) is 10.2 Å². The van der Waals surface area contributed by atoms with Crippen molar-refractivity contribution < 1.29 is 71.6 Å². The molecule has 0 amide bonds. The second kappa shape index (κ2) is 25.0. The molecule has 21 heteroatoms. The van der Waals surface area contributed by atoms with Gasteiger partial charge in [0.2, 0.25) is 18.7 Å². The molecule has 2 fully saturated rings. The summed E-state index contributed by atoms with van der Waals surface area (Å²) in [6.07, 6.45) is 5.63. The Labute approximate surface area is 415 Å². The van der Waals surface area contributed by atoms with E-state index < -0.39 is 58.4 Å². The summed E-state index contributed by atoms with van der Waals surface area (Å²) in [5, 5.41) is 19.8. The molecule has 7 rings (SSSR count). The van der Waals surface area contributed by atoms with Crippen molar-refractivity contribution in [1.29, 1.82) is 0 Å². The van der Waals surface area contributed by atoms with Crippen molar-refractivity contribution in [1.82, 2.24) is 4.98 Å². The van der Waals surface area contributed by atoms with E-state index in [0.29, 0.717) is 90.3 Å². The van der Waals surface area contributed by atoms with Gasteiger partial charge < -0.3 is 37.9 Å². The van der Waals surface area contributed by atoms with Crippen molar-refractivity contribution in [3.05, 3.63) is 126 Å². The maximum atomic E-state index is 13.6. The van der Waals surface area contributed by atoms with Crippen molar-refractivity contribution >= 4 is 73.9 Å². The molecule has 0 aliphatic heterocycles. The number of fused-ring (bicyclic) bond motifs is 1. The molecule has 0 saturated heterocycles. The van der Waals surface area contributed by atoms with E-state index in [-0.39, 0.29) is 49.2 Å². The van der Waals surface area contributed by atoms with Gasteiger partial charge in [0.15, 0.2) is 5.75 Å². The molecule has 5 aromatic rings. The number of nitro benzene ring substituents is 1. The van der Waals surface area contributed by atoms with Gasteiger partial charge in [-0.3, -0.25) is 29.3 Å². The SMILES string of the molecule is C=CC(=O)OCOc1ccc(OC(=O)C2CCC(C(=O)OCCc3ccc(OC(=O)C4CCC(C(=O)Oc5ccc(OCOC(=O)C=C)cc5)CC4)c4nc(/N=N/c5ccc([N+](=O)[O-])cc5)sc34)CC2)cc1. The van der Waals surface area contributed by atoms with Crippen LogP contribution in [0.1, 0.15) is 56.9 Å². The van der Waals surface area contributed by atoms with Crippen molar-refractivity contribution in [2.45, 2.75) is 57.8 Å². The van der Waals surface area contributed by atoms with Gasteiger partial charge in [0.25, 0.3) is 5.69 Å². The van der Waals surface area contributed by atoms with E-state index in [1.54, 1.807) is 60.7 Å². The molecule has 72 heavy (non-hydrogen) atoms. The van der Waals surface area contributed by atoms with E-state index in [4.69, 9.17) is 37.9 Å². The number of rotatable bonds is 21. The van der Waals surface area contributed by atoms with Gasteiger partial charge in [-0.2, -0.15) is 0 Å². The average molecular weight is 1010 g/mol. The summed E-state index contributed by atoms with van der Waals surface area (Å²) in [4.78, 5) is 90.5. The standard InChI is InChI=1S/C51H48N4O16S/c1-3-43(56)67-29-65-38-18-22-40(23-19-38)69-48(59)33-7-5-32(6-8-33)47(58)64-28-27-31-13-26-42(45-46(31)72-51(52-45)54-53-36-14-16-37(17-15-36)55(62)63)71-50(61)35-11-9-34(10-12-35)49(60)70-41-24-20-39(21-25-41)66-30-68-44(57)4-2/h3-4,13-26,32-35H,1-2,5-12,27-30H2/b54-53+. The summed E-state index contributed by atoms with van der Waals surface area (Å²) in [7, 11) is 0. The smallest absolute Gasteiger partial charge is 0.333 e. The number of nitrogens with zero attached hydrogens (tertiary/aromatic N) is 4. The van der Waals surface area contributed by atoms with Gasteiger partial charge in [-0.05, 0) is 124 Å². The predicted octanol–water partition coefficient (Wildman–Crippen LogP) is 9.57. The van der Waals surface area contributed by atoms with Gasteiger partial charge in [0, 0.05) is 30.7 Å². The zero-order chi connectivity index (χ0) is 51.0. The molecular weight excluding hydrogens is 957 g/mol. The third kappa shape index (κ3) is 14.4. The van der Waals surface area contributed by atoms with Gasteiger partial charge in [-0.1, -0.05) is 30.6 Å². The van der Waals surface area contributed by atoms with Crippen LogP contribution in [0.5, 0.6) is 28.7 Å². The second-order valence-corrected chi connectivity index (χ2v) is 17.4. The molecule has 374 valence electrons. The van der Waals surface area contributed by atoms with Crippen LogP contribution >= 0.6 is 11.3 Å². The van der Waals surface area contributed by atoms with Crippen LogP contribution in [-0.4, -0.2) is 65.9 Å². The maximum Gasteiger partial charge on any atom is 0.333 e. The quantitative estimate of drug-likeness (QED) is 0.00968. The lowest BCUT2D eigenvalue weighted by Gasteiger charge is -2.26. The molecule has 0 radical (unpaired) electrons. The van der Waals surface area contributed by atoms with Crippen molar-refractivity contribution in [2.75, 3.05) is 20.2 Å². The van der Waals surface area contributed by atoms with Gasteiger partial charge in [-0.25, -0.2) is 14.6 Å². The number of azo groups is 1. The highest BCUT2D eigenvalue weighted by Gasteiger charge is 2.34. The molecule has 0 unspecified atom stereocenters. The first-order chi connectivity index (χ1) is 34.8. The molecule has 0 atom stereocenters. The number of nitro groups is 1. The van der Waals surface area contributed by atoms with E-state index in [0.717, 1.165) is 17.7 Å². The van der Waals surface area contributed by atoms with Gasteiger partial charge in [0.05, 0.1) is 45.6 Å². The molecule has 2 saturated carbocycles. The zero-order valence-corrected chi connectivity index (χ0v) is 39.5. The highest BCUT2D eigenvalue weighted by molar-refractivity contribution is 7.22. The molecule has 0 bridgehead atoms. The summed E-state index contributed by atoms with van der Waals surface area (Å²) in [6, 6.07) is 21.4. The van der Waals surface area contributed by atoms with Crippen LogP contribution in [0.15, 0.2) is 120 Å². The molecule has 0 spiro atoms. The lowest BCUT2D eigenvalue weighted by Crippen LogP contribution is -2.30. The summed E-state index contributed by atoms with van der Waals surface area (Å²) in [5.74, 6) is -3.08. The topological polar surface area (TPSA) is 257 Å². The van der Waals surface area contributed by atoms with Crippen LogP contribution in [0.2, 0.25) is 0 Å². The molecule has 0 N–H and O–H groups in total. The van der Waals surface area contributed by atoms with Crippen LogP contribution in [0.4, 0.5) is 16.5 Å². The first-order valence-electron chi connectivity index (χ1n) is 22.8. The lowest BCUT2D eigenvalue weighted by molar-refractivity contribution is -0.384. The highest BCUT2D eigenvalue weighted by atomic mass is 32.1. The number of esters is 6. The fraction of sp³-hybridized carbons (Fsp3) is 0.314. The van der Waals surface area contributed by atoms with Crippen molar-refractivity contribution in [3.63, 3.8) is 0 Å². The normalized spacial score (nSPS) is 17.4. The van der Waals surface area contributed by atoms with E-state index in [2.05, 4.69) is 28.4 Å². The Morgan fingerprint density at radius 2 is 1.06 bits per heavy atom. The molecule has 1 aromatic heterocycles. The third-order valence-corrected chi connectivity index (χ3v) is 12.8. The van der Waals surface area contributed by atoms with E-state index in [1.807, 2.05) is 0 Å². The fourth-order valence-electron chi connectivity index (χ4n) is 7.82. The molecular formula is C51H48N4O16S. The van der Waals surface area contributed by atoms with Crippen LogP contribution in [-0.2, 0) is 49.4 Å². The summed E-state index contributed by atoms with van der Waals surface area (Å²) < 4.78 is 43.7. The number of benzene rings is 4. The Hall–Kier alpha value is -8.33. The molecule has 1 heterocycles. The fourth-order valence-corrected chi connectivity index (χ4v) is 8.77. The summed E-state index contributed by atoms with van der Waals surface area (Å²) in [6.45, 7) is 6.06. The van der Waals surface area contributed by atoms with Crippen LogP contribution in [0, 0.1) is 33.8 Å². The summed E-state index contributed by atoms with van der Waals surface area (Å²) in [5.41, 5.74) is 1.32. The molecule has 2 aliphatic carbocycles. The minimum atomic E-state index is -0.625. The average Bonchev–Trinajstić information content (AvgIpc) is 3.84. The van der Waals surface area contributed by atoms with Gasteiger partial charge >= 0.3 is 35.8 Å². The number of aromatic nitrogens is 1. The van der Waals surface area contributed by atoms with E-state index in [1.165, 1.54) is 35.6 Å². The monoisotopic (exact) mass is 1000 g/mol. The number of thiazole rings is 1. The first kappa shape index (κ1) is 51.5. The third-order valence-electron chi connectivity index (χ3n) is 11.8. The lowest BCUT2D eigenvalue weighted by atomic mass is 9.82. The van der Waals surface area contributed by atoms with Gasteiger partial charge in [0.1, 0.15) is 28.5 Å². The summed E-state index contributed by atoms with van der Waals surface area (Å²) >= 11 is 1.17. The first-order valence-corrected chi connectivity index (χ1v) is 23.6. The highest BCUT2D eigenvalue weighted by Crippen LogP contribution is 2.39. The predicted molar refractivity (Wildman–Crippen MR) is 256 cm³/mol. The van der Waals surface area contributed by atoms with Crippen LogP contribution < -0.4 is 23.7 Å². The Morgan fingerprint density at radius 1 is 0.597 bits per heavy atom. The number of hydrogen-bond donors (Lipinski definition) is 0. The Balaban J connectivity index is 0.920. The number of hydrogen-bond acceptors (Lipinski definition) is 20. The number of carbonyl (C=O) groups is 6. The minimum absolute atomic E-state index is 0.0312. The molecule has 20 nitrogen and oxygen atoms in total. The van der Waals surface area contributed by atoms with Crippen molar-refractivity contribution in [2.24, 2.45) is 33.9 Å². The zero-order valence-electron chi connectivity index (χ0n) is 38.7. The van der Waals surface area contributed by atoms with Gasteiger partial charge in [-0.15, -0.1) is 10.2 Å². The second-order valence-electron chi connectivity index (χ2n) is 16.5. The largest absolute Gasteiger partial charge is 0.465 e. The van der Waals surface area contributed by atoms with Crippen molar-refractivity contribution in [3.8, 4) is 28.7 Å². The van der Waals surface area contributed by atoms with Crippen LogP contribution in [0.3, 0.4) is 0 Å². The molecule has 2 aliphatic rings. The number of ether oxygens (including phenoxy) is 8. The Morgan fingerprint density at radius 3 is 1.53 bits per heavy atom.